The number of nitrogens with two attached hydrogens (primary N) is 2. The lowest BCUT2D eigenvalue weighted by Gasteiger charge is -2.26. The SMILES string of the molecule is CC(C)CCCCCCC(=O)NCCCOC(=O)NS(=O)(=O)NCCOCCOC(=O)N(CCOC(=O)N[C@H](C(=O)N[C@@H](CCCNC(N)=O)C(=O)Nc1ccc(COC(=O)C(C)C)cc1)C(C)C)CCOC(=O)N[C@H](C(=O)N[C@@H](CCCNC(N)=O)C(=O)Nc1ccc(COC(=O)C(C)C)cc1)C(C)C. The van der Waals surface area contributed by atoms with Crippen molar-refractivity contribution in [2.45, 2.75) is 177 Å². The van der Waals surface area contributed by atoms with Crippen molar-refractivity contribution < 1.29 is 104 Å². The van der Waals surface area contributed by atoms with E-state index in [1.807, 2.05) is 0 Å². The maximum Gasteiger partial charge on any atom is 0.421 e. The van der Waals surface area contributed by atoms with E-state index in [1.165, 1.54) is 0 Å². The number of ether oxygens (including phenoxy) is 7. The first kappa shape index (κ1) is 92.3. The van der Waals surface area contributed by atoms with E-state index in [0.717, 1.165) is 37.0 Å². The van der Waals surface area contributed by atoms with Gasteiger partial charge < -0.3 is 97.4 Å². The molecule has 0 aliphatic carbocycles. The second kappa shape index (κ2) is 51.4. The molecule has 0 unspecified atom stereocenters. The van der Waals surface area contributed by atoms with E-state index in [1.54, 1.807) is 109 Å². The van der Waals surface area contributed by atoms with E-state index in [0.29, 0.717) is 34.8 Å². The average molecular weight is 1520 g/mol. The number of alkyl carbamates (subject to hydrolysis) is 2. The first-order valence-corrected chi connectivity index (χ1v) is 37.0. The molecule has 0 heterocycles. The standard InChI is InChI=1S/C69H112N14O22S/c1-44(2)18-13-11-12-14-21-55(84)72-32-17-36-100-68(95)82-106(97,98)75-33-37-99-40-41-103-69(96)83(34-38-101-66(93)80-56(45(3)4)60(87)78-53(19-15-30-73-64(70)91)58(85)76-51-26-22-49(23-27-51)42-104-62(89)47(7)8)35-39-102-67(94)81-57(46(5)6)61(88)79-54(20-16-31-74-65(71)92)59(86)77-52-28-24-50(25-29-52)43-105-63(90)48(9)10/h22-29,44-48,53-54,56-57,75H,11-21,30-43H2,1-10H3,(H,72,84)(H,76,85)(H,77,86)(H,78,87)(H,79,88)(H,80,93)(H,81,94)(H,82,95)(H3,70,73,91)(H3,71,74,92)/t53-,54-,56-,57-/m0/s1. The Kier molecular flexibility index (Phi) is 44.8. The fourth-order valence-electron chi connectivity index (χ4n) is 9.31. The molecule has 13 amide bonds. The second-order valence-electron chi connectivity index (χ2n) is 26.3. The maximum absolute atomic E-state index is 13.9. The summed E-state index contributed by atoms with van der Waals surface area (Å²) in [7, 11) is -4.41. The molecular formula is C69H112N14O22S. The number of carbonyl (C=O) groups excluding carboxylic acids is 13. The quantitative estimate of drug-likeness (QED) is 0.0245. The van der Waals surface area contributed by atoms with Gasteiger partial charge in [-0.2, -0.15) is 13.1 Å². The van der Waals surface area contributed by atoms with E-state index in [9.17, 15) is 70.7 Å². The van der Waals surface area contributed by atoms with Gasteiger partial charge in [0.2, 0.25) is 29.5 Å². The van der Waals surface area contributed by atoms with Crippen LogP contribution in [0, 0.1) is 29.6 Å². The average Bonchev–Trinajstić information content (AvgIpc) is 0.865. The molecule has 0 radical (unpaired) electrons. The number of primary amides is 2. The number of nitrogens with one attached hydrogen (secondary N) is 11. The van der Waals surface area contributed by atoms with E-state index in [-0.39, 0.29) is 109 Å². The minimum absolute atomic E-state index is 0.00195. The lowest BCUT2D eigenvalue weighted by molar-refractivity contribution is -0.149. The summed E-state index contributed by atoms with van der Waals surface area (Å²) in [5.41, 5.74) is 12.4. The van der Waals surface area contributed by atoms with Gasteiger partial charge in [-0.3, -0.25) is 33.6 Å². The molecule has 0 saturated carbocycles. The number of hydrogen-bond donors (Lipinski definition) is 13. The highest BCUT2D eigenvalue weighted by Gasteiger charge is 2.32. The smallest absolute Gasteiger partial charge is 0.421 e. The van der Waals surface area contributed by atoms with Crippen molar-refractivity contribution in [3.63, 3.8) is 0 Å². The highest BCUT2D eigenvalue weighted by molar-refractivity contribution is 7.88. The summed E-state index contributed by atoms with van der Waals surface area (Å²) >= 11 is 0. The molecule has 15 N–H and O–H groups in total. The van der Waals surface area contributed by atoms with Crippen LogP contribution in [0.25, 0.3) is 0 Å². The van der Waals surface area contributed by atoms with Crippen molar-refractivity contribution in [3.05, 3.63) is 59.7 Å². The zero-order valence-corrected chi connectivity index (χ0v) is 63.3. The highest BCUT2D eigenvalue weighted by Crippen LogP contribution is 2.17. The van der Waals surface area contributed by atoms with Crippen LogP contribution in [0.5, 0.6) is 0 Å². The molecule has 0 saturated heterocycles. The van der Waals surface area contributed by atoms with Gasteiger partial charge in [0.25, 0.3) is 0 Å². The van der Waals surface area contributed by atoms with Gasteiger partial charge in [0.1, 0.15) is 57.2 Å². The Morgan fingerprint density at radius 2 is 0.877 bits per heavy atom. The van der Waals surface area contributed by atoms with Gasteiger partial charge in [0.15, 0.2) is 0 Å². The van der Waals surface area contributed by atoms with Gasteiger partial charge in [-0.25, -0.2) is 33.5 Å². The first-order chi connectivity index (χ1) is 50.2. The summed E-state index contributed by atoms with van der Waals surface area (Å²) in [5, 5.41) is 23.3. The molecule has 2 aromatic rings. The molecule has 0 spiro atoms. The Bertz CT molecular complexity index is 3060. The van der Waals surface area contributed by atoms with Gasteiger partial charge in [-0.15, -0.1) is 0 Å². The number of anilines is 2. The third-order valence-electron chi connectivity index (χ3n) is 15.3. The van der Waals surface area contributed by atoms with Crippen molar-refractivity contribution in [2.24, 2.45) is 41.1 Å². The van der Waals surface area contributed by atoms with Crippen LogP contribution in [0.1, 0.15) is 151 Å². The van der Waals surface area contributed by atoms with E-state index >= 15 is 0 Å². The van der Waals surface area contributed by atoms with Crippen LogP contribution in [0.3, 0.4) is 0 Å². The van der Waals surface area contributed by atoms with Crippen molar-refractivity contribution in [1.29, 1.82) is 0 Å². The zero-order chi connectivity index (χ0) is 79.2. The van der Waals surface area contributed by atoms with Crippen molar-refractivity contribution in [3.8, 4) is 0 Å². The third kappa shape index (κ3) is 42.2. The Labute approximate surface area is 620 Å². The molecule has 0 aliphatic rings. The molecule has 4 atom stereocenters. The lowest BCUT2D eigenvalue weighted by atomic mass is 10.0. The number of amides is 13. The monoisotopic (exact) mass is 1520 g/mol. The number of esters is 2. The van der Waals surface area contributed by atoms with Gasteiger partial charge in [0.05, 0.1) is 44.7 Å². The fraction of sp³-hybridized carbons (Fsp3) is 0.638. The topological polar surface area (TPSA) is 508 Å². The minimum atomic E-state index is -4.41. The fourth-order valence-corrected chi connectivity index (χ4v) is 10.0. The van der Waals surface area contributed by atoms with Gasteiger partial charge in [0, 0.05) is 44.0 Å². The number of rotatable bonds is 51. The van der Waals surface area contributed by atoms with Crippen molar-refractivity contribution in [2.75, 3.05) is 89.5 Å². The van der Waals surface area contributed by atoms with Crippen LogP contribution in [0.2, 0.25) is 0 Å². The van der Waals surface area contributed by atoms with Crippen molar-refractivity contribution in [1.82, 2.24) is 51.6 Å². The van der Waals surface area contributed by atoms with Crippen LogP contribution < -0.4 is 68.8 Å². The molecule has 2 rings (SSSR count). The molecule has 37 heteroatoms. The summed E-state index contributed by atoms with van der Waals surface area (Å²) in [6, 6.07) is 6.14. The first-order valence-electron chi connectivity index (χ1n) is 35.5. The summed E-state index contributed by atoms with van der Waals surface area (Å²) in [6.45, 7) is 14.4. The summed E-state index contributed by atoms with van der Waals surface area (Å²) < 4.78 is 65.8. The van der Waals surface area contributed by atoms with Crippen LogP contribution in [0.4, 0.5) is 40.1 Å². The molecule has 0 aromatic heterocycles. The highest BCUT2D eigenvalue weighted by atomic mass is 32.2. The van der Waals surface area contributed by atoms with Crippen molar-refractivity contribution >= 4 is 99.5 Å². The largest absolute Gasteiger partial charge is 0.461 e. The van der Waals surface area contributed by atoms with Gasteiger partial charge in [-0.05, 0) is 91.7 Å². The summed E-state index contributed by atoms with van der Waals surface area (Å²) in [4.78, 5) is 168. The summed E-state index contributed by atoms with van der Waals surface area (Å²) in [6.07, 6.45) is 1.40. The van der Waals surface area contributed by atoms with Crippen LogP contribution in [-0.4, -0.2) is 194 Å². The third-order valence-corrected chi connectivity index (χ3v) is 16.3. The molecule has 2 aromatic carbocycles. The number of hydrogen-bond acceptors (Lipinski definition) is 22. The van der Waals surface area contributed by atoms with E-state index < -0.39 is 151 Å². The van der Waals surface area contributed by atoms with E-state index in [4.69, 9.17) is 44.6 Å². The predicted octanol–water partition coefficient (Wildman–Crippen LogP) is 4.55. The van der Waals surface area contributed by atoms with Gasteiger partial charge in [-0.1, -0.05) is 119 Å². The van der Waals surface area contributed by atoms with Crippen LogP contribution in [0.15, 0.2) is 48.5 Å². The molecule has 36 nitrogen and oxygen atoms in total. The summed E-state index contributed by atoms with van der Waals surface area (Å²) in [5.74, 6) is -5.07. The Morgan fingerprint density at radius 1 is 0.434 bits per heavy atom. The number of benzene rings is 2. The Hall–Kier alpha value is -9.78. The Balaban J connectivity index is 2.18. The second-order valence-corrected chi connectivity index (χ2v) is 27.8. The normalized spacial score (nSPS) is 12.3. The molecule has 0 aliphatic heterocycles. The molecule has 106 heavy (non-hydrogen) atoms. The number of unbranched alkanes of at least 4 members (excludes halogenated alkanes) is 3. The zero-order valence-electron chi connectivity index (χ0n) is 62.5. The number of carbonyl (C=O) groups is 13. The number of urea groups is 2. The molecule has 0 fully saturated rings. The maximum atomic E-state index is 13.9. The van der Waals surface area contributed by atoms with Crippen LogP contribution in [-0.2, 0) is 90.1 Å². The van der Waals surface area contributed by atoms with E-state index in [2.05, 4.69) is 66.4 Å². The molecule has 0 bridgehead atoms. The Morgan fingerprint density at radius 3 is 1.31 bits per heavy atom. The lowest BCUT2D eigenvalue weighted by Crippen LogP contribution is -2.55. The molecule has 596 valence electrons. The predicted molar refractivity (Wildman–Crippen MR) is 388 cm³/mol. The number of nitrogens with zero attached hydrogens (tertiary/aromatic N) is 1. The van der Waals surface area contributed by atoms with Gasteiger partial charge >= 0.3 is 58.6 Å². The minimum Gasteiger partial charge on any atom is -0.461 e. The molecular weight excluding hydrogens is 1410 g/mol. The van der Waals surface area contributed by atoms with Crippen LogP contribution >= 0.6 is 0 Å².